The Kier molecular flexibility index (Phi) is 4.53. The third-order valence-electron chi connectivity index (χ3n) is 2.80. The molecule has 2 heteroatoms. The van der Waals surface area contributed by atoms with Gasteiger partial charge in [-0.25, -0.2) is 0 Å². The first-order valence-electron chi connectivity index (χ1n) is 5.92. The third-order valence-corrected chi connectivity index (χ3v) is 2.80. The number of hydrogen-bond acceptors (Lipinski definition) is 1. The number of hydrogen-bond donors (Lipinski definition) is 1. The summed E-state index contributed by atoms with van der Waals surface area (Å²) in [6, 6.07) is 0.165. The van der Waals surface area contributed by atoms with E-state index in [-0.39, 0.29) is 11.9 Å². The lowest BCUT2D eigenvalue weighted by atomic mass is 10.0. The van der Waals surface area contributed by atoms with Crippen molar-refractivity contribution in [3.8, 4) is 0 Å². The molecule has 1 aliphatic carbocycles. The highest BCUT2D eigenvalue weighted by Crippen LogP contribution is 2.33. The summed E-state index contributed by atoms with van der Waals surface area (Å²) in [5.74, 6) is 0.00116. The second kappa shape index (κ2) is 5.69. The van der Waals surface area contributed by atoms with Crippen LogP contribution in [0.2, 0.25) is 0 Å². The molecule has 0 heterocycles. The molecule has 1 saturated carbocycles. The van der Waals surface area contributed by atoms with Gasteiger partial charge in [-0.1, -0.05) is 18.7 Å². The van der Waals surface area contributed by atoms with Gasteiger partial charge < -0.3 is 5.32 Å². The van der Waals surface area contributed by atoms with E-state index in [0.29, 0.717) is 0 Å². The van der Waals surface area contributed by atoms with Gasteiger partial charge in [0.1, 0.15) is 0 Å². The lowest BCUT2D eigenvalue weighted by molar-refractivity contribution is -0.117. The largest absolute Gasteiger partial charge is 0.350 e. The van der Waals surface area contributed by atoms with Gasteiger partial charge in [-0.2, -0.15) is 0 Å². The number of nitrogens with one attached hydrogen (secondary N) is 1. The Morgan fingerprint density at radius 3 is 2.62 bits per heavy atom. The lowest BCUT2D eigenvalue weighted by Gasteiger charge is -2.12. The molecule has 2 nitrogen and oxygen atoms in total. The Balaban J connectivity index is 3.00. The molecule has 0 unspecified atom stereocenters. The molecule has 16 heavy (non-hydrogen) atoms. The highest BCUT2D eigenvalue weighted by atomic mass is 16.1. The average Bonchev–Trinajstić information content (AvgIpc) is 2.66. The predicted octanol–water partition coefficient (Wildman–Crippen LogP) is 3.12. The van der Waals surface area contributed by atoms with Crippen LogP contribution in [-0.4, -0.2) is 11.9 Å². The van der Waals surface area contributed by atoms with E-state index < -0.39 is 0 Å². The molecule has 0 aromatic rings. The van der Waals surface area contributed by atoms with Gasteiger partial charge in [0, 0.05) is 11.6 Å². The Morgan fingerprint density at radius 1 is 1.44 bits per heavy atom. The van der Waals surface area contributed by atoms with Crippen molar-refractivity contribution in [1.29, 1.82) is 0 Å². The summed E-state index contributed by atoms with van der Waals surface area (Å²) in [5, 5.41) is 2.92. The van der Waals surface area contributed by atoms with Crippen LogP contribution in [0, 0.1) is 0 Å². The van der Waals surface area contributed by atoms with Gasteiger partial charge in [-0.05, 0) is 51.2 Å². The van der Waals surface area contributed by atoms with Gasteiger partial charge in [0.05, 0.1) is 0 Å². The molecule has 0 radical (unpaired) electrons. The second-order valence-electron chi connectivity index (χ2n) is 4.39. The highest BCUT2D eigenvalue weighted by Gasteiger charge is 2.20. The minimum Gasteiger partial charge on any atom is -0.350 e. The zero-order valence-electron chi connectivity index (χ0n) is 10.5. The fourth-order valence-electron chi connectivity index (χ4n) is 2.09. The standard InChI is InChI=1S/C14H21NO/c1-5-11-8-7-9-13(11)12(6-2)14(16)15-10(3)4/h5-6,10H,2,7-9H2,1,3-4H3,(H,15,16)/b11-5-,13-12+. The molecule has 1 fully saturated rings. The monoisotopic (exact) mass is 219 g/mol. The van der Waals surface area contributed by atoms with Crippen LogP contribution in [0.4, 0.5) is 0 Å². The van der Waals surface area contributed by atoms with Crippen molar-refractivity contribution >= 4 is 5.91 Å². The third kappa shape index (κ3) is 2.84. The molecule has 0 spiro atoms. The van der Waals surface area contributed by atoms with Gasteiger partial charge >= 0.3 is 0 Å². The second-order valence-corrected chi connectivity index (χ2v) is 4.39. The van der Waals surface area contributed by atoms with E-state index >= 15 is 0 Å². The molecule has 0 atom stereocenters. The summed E-state index contributed by atoms with van der Waals surface area (Å²) in [6.07, 6.45) is 7.00. The van der Waals surface area contributed by atoms with E-state index in [4.69, 9.17) is 0 Å². The Morgan fingerprint density at radius 2 is 2.12 bits per heavy atom. The van der Waals surface area contributed by atoms with Crippen LogP contribution >= 0.6 is 0 Å². The summed E-state index contributed by atoms with van der Waals surface area (Å²) >= 11 is 0. The molecule has 1 amide bonds. The topological polar surface area (TPSA) is 29.1 Å². The van der Waals surface area contributed by atoms with Gasteiger partial charge in [0.2, 0.25) is 0 Å². The number of amides is 1. The Hall–Kier alpha value is -1.31. The van der Waals surface area contributed by atoms with Crippen molar-refractivity contribution in [3.05, 3.63) is 35.5 Å². The Labute approximate surface area is 98.1 Å². The first-order valence-corrected chi connectivity index (χ1v) is 5.92. The Bertz CT molecular complexity index is 348. The molecule has 1 aliphatic rings. The minimum atomic E-state index is 0.00116. The maximum atomic E-state index is 12.0. The maximum Gasteiger partial charge on any atom is 0.251 e. The van der Waals surface area contributed by atoms with Crippen molar-refractivity contribution in [2.24, 2.45) is 0 Å². The number of allylic oxidation sites excluding steroid dienone is 3. The first-order chi connectivity index (χ1) is 7.60. The van der Waals surface area contributed by atoms with Gasteiger partial charge in [0.25, 0.3) is 5.91 Å². The van der Waals surface area contributed by atoms with E-state index in [0.717, 1.165) is 24.8 Å². The van der Waals surface area contributed by atoms with Crippen molar-refractivity contribution in [3.63, 3.8) is 0 Å². The van der Waals surface area contributed by atoms with E-state index in [2.05, 4.69) is 18.0 Å². The zero-order chi connectivity index (χ0) is 12.1. The molecule has 1 N–H and O–H groups in total. The predicted molar refractivity (Wildman–Crippen MR) is 68.1 cm³/mol. The maximum absolute atomic E-state index is 12.0. The van der Waals surface area contributed by atoms with Crippen molar-refractivity contribution in [2.45, 2.75) is 46.1 Å². The number of carbonyl (C=O) groups is 1. The van der Waals surface area contributed by atoms with Crippen molar-refractivity contribution in [1.82, 2.24) is 5.32 Å². The van der Waals surface area contributed by atoms with E-state index in [9.17, 15) is 4.79 Å². The molecule has 88 valence electrons. The lowest BCUT2D eigenvalue weighted by Crippen LogP contribution is -2.31. The summed E-state index contributed by atoms with van der Waals surface area (Å²) in [6.45, 7) is 9.72. The molecule has 0 aromatic heterocycles. The van der Waals surface area contributed by atoms with Crippen molar-refractivity contribution in [2.75, 3.05) is 0 Å². The molecule has 1 rings (SSSR count). The van der Waals surface area contributed by atoms with Gasteiger partial charge in [0.15, 0.2) is 0 Å². The minimum absolute atomic E-state index is 0.00116. The molecular weight excluding hydrogens is 198 g/mol. The van der Waals surface area contributed by atoms with Gasteiger partial charge in [-0.15, -0.1) is 0 Å². The molecular formula is C14H21NO. The van der Waals surface area contributed by atoms with Crippen LogP contribution in [0.15, 0.2) is 35.5 Å². The summed E-state index contributed by atoms with van der Waals surface area (Å²) < 4.78 is 0. The number of rotatable bonds is 3. The van der Waals surface area contributed by atoms with Crippen molar-refractivity contribution < 1.29 is 4.79 Å². The van der Waals surface area contributed by atoms with E-state index in [1.165, 1.54) is 11.1 Å². The van der Waals surface area contributed by atoms with Crippen LogP contribution in [0.1, 0.15) is 40.0 Å². The smallest absolute Gasteiger partial charge is 0.251 e. The van der Waals surface area contributed by atoms with Gasteiger partial charge in [-0.3, -0.25) is 4.79 Å². The van der Waals surface area contributed by atoms with Crippen LogP contribution < -0.4 is 5.32 Å². The van der Waals surface area contributed by atoms with Crippen LogP contribution in [-0.2, 0) is 4.79 Å². The molecule has 0 aromatic carbocycles. The quantitative estimate of drug-likeness (QED) is 0.726. The fourth-order valence-corrected chi connectivity index (χ4v) is 2.09. The molecule has 0 aliphatic heterocycles. The van der Waals surface area contributed by atoms with Crippen LogP contribution in [0.25, 0.3) is 0 Å². The summed E-state index contributed by atoms with van der Waals surface area (Å²) in [4.78, 5) is 12.0. The number of carbonyl (C=O) groups excluding carboxylic acids is 1. The van der Waals surface area contributed by atoms with Crippen LogP contribution in [0.3, 0.4) is 0 Å². The SMILES string of the molecule is C=C/C(C(=O)NC(C)C)=C1/CCC/C1=C/C. The van der Waals surface area contributed by atoms with E-state index in [1.807, 2.05) is 20.8 Å². The van der Waals surface area contributed by atoms with Crippen LogP contribution in [0.5, 0.6) is 0 Å². The first kappa shape index (κ1) is 12.8. The zero-order valence-corrected chi connectivity index (χ0v) is 10.5. The normalized spacial score (nSPS) is 21.4. The average molecular weight is 219 g/mol. The summed E-state index contributed by atoms with van der Waals surface area (Å²) in [7, 11) is 0. The molecule has 0 bridgehead atoms. The van der Waals surface area contributed by atoms with E-state index in [1.54, 1.807) is 6.08 Å². The summed E-state index contributed by atoms with van der Waals surface area (Å²) in [5.41, 5.74) is 3.23. The highest BCUT2D eigenvalue weighted by molar-refractivity contribution is 5.97. The fraction of sp³-hybridized carbons (Fsp3) is 0.500. The molecule has 0 saturated heterocycles.